The lowest BCUT2D eigenvalue weighted by Gasteiger charge is -2.22. The number of halogens is 1. The molecule has 0 amide bonds. The van der Waals surface area contributed by atoms with Crippen LogP contribution in [0.4, 0.5) is 0 Å². The molecule has 158 valence electrons. The Morgan fingerprint density at radius 2 is 1.73 bits per heavy atom. The van der Waals surface area contributed by atoms with Crippen LogP contribution in [0.5, 0.6) is 5.75 Å². The molecule has 0 aliphatic heterocycles. The number of nitrogens with zero attached hydrogens (tertiary/aromatic N) is 2. The maximum atomic E-state index is 9.75. The maximum absolute atomic E-state index is 9.75. The monoisotopic (exact) mass is 440 g/mol. The second-order valence-corrected chi connectivity index (χ2v) is 11.5. The number of hydrogen-bond acceptors (Lipinski definition) is 3. The number of nitriles is 1. The molecule has 0 aliphatic rings. The number of methoxy groups -OCH3 is 1. The standard InChI is InChI=1S/C25H29ClN2OS/c1-24(2,3)30-23-20-13-19(29-6)11-12-21(20)28(22(23)14-25(4,5)16-27)15-17-7-9-18(26)10-8-17/h7-13H,14-15H2,1-6H3. The fourth-order valence-corrected chi connectivity index (χ4v) is 4.80. The Morgan fingerprint density at radius 1 is 1.07 bits per heavy atom. The predicted molar refractivity (Wildman–Crippen MR) is 128 cm³/mol. The maximum Gasteiger partial charge on any atom is 0.119 e. The van der Waals surface area contributed by atoms with Gasteiger partial charge in [0.2, 0.25) is 0 Å². The zero-order valence-electron chi connectivity index (χ0n) is 18.5. The van der Waals surface area contributed by atoms with Crippen molar-refractivity contribution in [1.29, 1.82) is 5.26 Å². The van der Waals surface area contributed by atoms with E-state index >= 15 is 0 Å². The van der Waals surface area contributed by atoms with Crippen molar-refractivity contribution in [3.05, 3.63) is 58.7 Å². The minimum absolute atomic E-state index is 0.0357. The second kappa shape index (κ2) is 8.57. The third-order valence-electron chi connectivity index (χ3n) is 4.90. The summed E-state index contributed by atoms with van der Waals surface area (Å²) in [6.45, 7) is 11.4. The molecule has 3 aromatic rings. The fraction of sp³-hybridized carbons (Fsp3) is 0.400. The van der Waals surface area contributed by atoms with E-state index in [1.807, 2.05) is 43.8 Å². The van der Waals surface area contributed by atoms with E-state index in [9.17, 15) is 5.26 Å². The first-order valence-electron chi connectivity index (χ1n) is 10.1. The molecule has 0 atom stereocenters. The van der Waals surface area contributed by atoms with E-state index in [2.05, 4.69) is 55.7 Å². The molecule has 0 spiro atoms. The molecule has 30 heavy (non-hydrogen) atoms. The summed E-state index contributed by atoms with van der Waals surface area (Å²) in [4.78, 5) is 1.23. The molecule has 3 rings (SSSR count). The van der Waals surface area contributed by atoms with E-state index in [1.54, 1.807) is 7.11 Å². The number of aromatic nitrogens is 1. The van der Waals surface area contributed by atoms with Gasteiger partial charge in [0.15, 0.2) is 0 Å². The number of rotatable bonds is 6. The largest absolute Gasteiger partial charge is 0.497 e. The highest BCUT2D eigenvalue weighted by atomic mass is 35.5. The van der Waals surface area contributed by atoms with Crippen LogP contribution in [0.3, 0.4) is 0 Å². The summed E-state index contributed by atoms with van der Waals surface area (Å²) in [6, 6.07) is 16.7. The highest BCUT2D eigenvalue weighted by Gasteiger charge is 2.28. The number of benzene rings is 2. The summed E-state index contributed by atoms with van der Waals surface area (Å²) in [6.07, 6.45) is 0.673. The van der Waals surface area contributed by atoms with E-state index in [4.69, 9.17) is 16.3 Å². The molecule has 0 saturated heterocycles. The van der Waals surface area contributed by atoms with Crippen LogP contribution in [0, 0.1) is 16.7 Å². The predicted octanol–water partition coefficient (Wildman–Crippen LogP) is 7.33. The summed E-state index contributed by atoms with van der Waals surface area (Å²) in [5.41, 5.74) is 3.06. The molecular formula is C25H29ClN2OS. The first-order valence-corrected chi connectivity index (χ1v) is 11.3. The summed E-state index contributed by atoms with van der Waals surface area (Å²) < 4.78 is 7.91. The van der Waals surface area contributed by atoms with Gasteiger partial charge >= 0.3 is 0 Å². The van der Waals surface area contributed by atoms with Crippen LogP contribution in [0.1, 0.15) is 45.9 Å². The van der Waals surface area contributed by atoms with Crippen LogP contribution >= 0.6 is 23.4 Å². The topological polar surface area (TPSA) is 37.9 Å². The molecule has 0 unspecified atom stereocenters. The summed E-state index contributed by atoms with van der Waals surface area (Å²) >= 11 is 7.95. The van der Waals surface area contributed by atoms with E-state index in [0.29, 0.717) is 6.42 Å². The number of fused-ring (bicyclic) bond motifs is 1. The highest BCUT2D eigenvalue weighted by Crippen LogP contribution is 2.44. The van der Waals surface area contributed by atoms with Gasteiger partial charge in [-0.1, -0.05) is 44.5 Å². The van der Waals surface area contributed by atoms with Gasteiger partial charge in [0, 0.05) is 44.2 Å². The third kappa shape index (κ3) is 5.14. The minimum Gasteiger partial charge on any atom is -0.497 e. The van der Waals surface area contributed by atoms with Gasteiger partial charge in [0.1, 0.15) is 5.75 Å². The van der Waals surface area contributed by atoms with Crippen molar-refractivity contribution in [2.24, 2.45) is 5.41 Å². The molecule has 5 heteroatoms. The molecule has 2 aromatic carbocycles. The average molecular weight is 441 g/mol. The Balaban J connectivity index is 2.27. The van der Waals surface area contributed by atoms with E-state index in [1.165, 1.54) is 21.5 Å². The van der Waals surface area contributed by atoms with Crippen molar-refractivity contribution in [1.82, 2.24) is 4.57 Å². The van der Waals surface area contributed by atoms with Crippen molar-refractivity contribution in [3.63, 3.8) is 0 Å². The first kappa shape index (κ1) is 22.6. The van der Waals surface area contributed by atoms with Crippen molar-refractivity contribution in [3.8, 4) is 11.8 Å². The molecule has 3 nitrogen and oxygen atoms in total. The Kier molecular flexibility index (Phi) is 6.45. The van der Waals surface area contributed by atoms with Gasteiger partial charge in [0.05, 0.1) is 18.6 Å². The van der Waals surface area contributed by atoms with Gasteiger partial charge in [-0.15, -0.1) is 11.8 Å². The quantitative estimate of drug-likeness (QED) is 0.376. The Bertz CT molecular complexity index is 1090. The molecule has 1 aromatic heterocycles. The first-order chi connectivity index (χ1) is 14.0. The Labute approximate surface area is 189 Å². The van der Waals surface area contributed by atoms with Crippen molar-refractivity contribution >= 4 is 34.3 Å². The van der Waals surface area contributed by atoms with Gasteiger partial charge < -0.3 is 9.30 Å². The molecule has 0 radical (unpaired) electrons. The smallest absolute Gasteiger partial charge is 0.119 e. The van der Waals surface area contributed by atoms with E-state index in [0.717, 1.165) is 22.8 Å². The molecular weight excluding hydrogens is 412 g/mol. The third-order valence-corrected chi connectivity index (χ3v) is 6.43. The number of hydrogen-bond donors (Lipinski definition) is 0. The minimum atomic E-state index is -0.469. The van der Waals surface area contributed by atoms with Crippen LogP contribution in [-0.2, 0) is 13.0 Å². The van der Waals surface area contributed by atoms with Gasteiger partial charge in [-0.05, 0) is 49.7 Å². The number of thioether (sulfide) groups is 1. The molecule has 0 fully saturated rings. The van der Waals surface area contributed by atoms with Gasteiger partial charge in [-0.2, -0.15) is 5.26 Å². The van der Waals surface area contributed by atoms with Crippen LogP contribution in [0.15, 0.2) is 47.4 Å². The average Bonchev–Trinajstić information content (AvgIpc) is 2.94. The zero-order chi connectivity index (χ0) is 22.1. The van der Waals surface area contributed by atoms with Crippen LogP contribution in [0.2, 0.25) is 5.02 Å². The SMILES string of the molecule is COc1ccc2c(c1)c(SC(C)(C)C)c(CC(C)(C)C#N)n2Cc1ccc(Cl)cc1. The number of ether oxygens (including phenoxy) is 1. The Hall–Kier alpha value is -2.09. The van der Waals surface area contributed by atoms with Crippen molar-refractivity contribution < 1.29 is 4.74 Å². The Morgan fingerprint density at radius 3 is 2.30 bits per heavy atom. The molecule has 0 saturated carbocycles. The molecule has 1 heterocycles. The lowest BCUT2D eigenvalue weighted by atomic mass is 9.89. The van der Waals surface area contributed by atoms with Crippen LogP contribution in [-0.4, -0.2) is 16.4 Å². The van der Waals surface area contributed by atoms with Crippen molar-refractivity contribution in [2.75, 3.05) is 7.11 Å². The molecule has 0 aliphatic carbocycles. The van der Waals surface area contributed by atoms with Gasteiger partial charge in [-0.25, -0.2) is 0 Å². The molecule has 0 N–H and O–H groups in total. The molecule has 0 bridgehead atoms. The summed E-state index contributed by atoms with van der Waals surface area (Å²) in [5, 5.41) is 11.7. The fourth-order valence-electron chi connectivity index (χ4n) is 3.49. The van der Waals surface area contributed by atoms with E-state index < -0.39 is 5.41 Å². The van der Waals surface area contributed by atoms with Gasteiger partial charge in [-0.3, -0.25) is 0 Å². The summed E-state index contributed by atoms with van der Waals surface area (Å²) in [7, 11) is 1.70. The highest BCUT2D eigenvalue weighted by molar-refractivity contribution is 8.00. The van der Waals surface area contributed by atoms with Gasteiger partial charge in [0.25, 0.3) is 0 Å². The van der Waals surface area contributed by atoms with Crippen LogP contribution < -0.4 is 4.74 Å². The van der Waals surface area contributed by atoms with Crippen LogP contribution in [0.25, 0.3) is 10.9 Å². The second-order valence-electron chi connectivity index (χ2n) is 9.26. The zero-order valence-corrected chi connectivity index (χ0v) is 20.1. The normalized spacial score (nSPS) is 12.2. The lowest BCUT2D eigenvalue weighted by molar-refractivity contribution is 0.415. The summed E-state index contributed by atoms with van der Waals surface area (Å²) in [5.74, 6) is 0.841. The van der Waals surface area contributed by atoms with E-state index in [-0.39, 0.29) is 4.75 Å². The lowest BCUT2D eigenvalue weighted by Crippen LogP contribution is -2.17. The van der Waals surface area contributed by atoms with Crippen molar-refractivity contribution in [2.45, 2.75) is 57.2 Å².